The van der Waals surface area contributed by atoms with Crippen molar-refractivity contribution in [2.75, 3.05) is 51.5 Å². The van der Waals surface area contributed by atoms with Crippen molar-refractivity contribution in [2.45, 2.75) is 13.0 Å². The summed E-state index contributed by atoms with van der Waals surface area (Å²) in [7, 11) is 2.03. The summed E-state index contributed by atoms with van der Waals surface area (Å²) in [6, 6.07) is 10.0. The van der Waals surface area contributed by atoms with Crippen LogP contribution in [0.15, 0.2) is 30.3 Å². The first-order valence-electron chi connectivity index (χ1n) is 9.78. The summed E-state index contributed by atoms with van der Waals surface area (Å²) >= 11 is 0. The third-order valence-corrected chi connectivity index (χ3v) is 5.76. The molecule has 1 saturated heterocycles. The molecule has 28 heavy (non-hydrogen) atoms. The minimum Gasteiger partial charge on any atom is -0.454 e. The van der Waals surface area contributed by atoms with Crippen molar-refractivity contribution in [1.82, 2.24) is 14.8 Å². The van der Waals surface area contributed by atoms with Crippen LogP contribution in [0.4, 0.5) is 5.82 Å². The van der Waals surface area contributed by atoms with E-state index in [9.17, 15) is 4.79 Å². The predicted octanol–water partition coefficient (Wildman–Crippen LogP) is 1.76. The van der Waals surface area contributed by atoms with Gasteiger partial charge >= 0.3 is 0 Å². The average molecular weight is 380 g/mol. The van der Waals surface area contributed by atoms with Crippen molar-refractivity contribution in [1.29, 1.82) is 0 Å². The van der Waals surface area contributed by atoms with Gasteiger partial charge in [0.05, 0.1) is 0 Å². The number of aromatic nitrogens is 1. The van der Waals surface area contributed by atoms with Crippen LogP contribution in [-0.4, -0.2) is 67.3 Å². The van der Waals surface area contributed by atoms with E-state index in [2.05, 4.69) is 26.9 Å². The highest BCUT2D eigenvalue weighted by Crippen LogP contribution is 2.33. The first kappa shape index (κ1) is 17.3. The molecule has 0 radical (unpaired) electrons. The van der Waals surface area contributed by atoms with E-state index in [-0.39, 0.29) is 5.91 Å². The molecule has 0 aliphatic carbocycles. The van der Waals surface area contributed by atoms with Gasteiger partial charge in [-0.15, -0.1) is 0 Å². The topological polar surface area (TPSA) is 58.1 Å². The Hall–Kier alpha value is -2.80. The van der Waals surface area contributed by atoms with Crippen LogP contribution in [0, 0.1) is 0 Å². The molecule has 0 atom stereocenters. The lowest BCUT2D eigenvalue weighted by Crippen LogP contribution is -2.48. The summed E-state index contributed by atoms with van der Waals surface area (Å²) < 4.78 is 10.8. The van der Waals surface area contributed by atoms with Gasteiger partial charge in [-0.05, 0) is 35.7 Å². The lowest BCUT2D eigenvalue weighted by molar-refractivity contribution is 0.0623. The van der Waals surface area contributed by atoms with Crippen LogP contribution in [0.1, 0.15) is 21.6 Å². The van der Waals surface area contributed by atoms with Gasteiger partial charge in [0, 0.05) is 46.3 Å². The Labute approximate surface area is 164 Å². The molecule has 7 nitrogen and oxygen atoms in total. The molecule has 1 amide bonds. The summed E-state index contributed by atoms with van der Waals surface area (Å²) in [6.07, 6.45) is 1.01. The van der Waals surface area contributed by atoms with Crippen molar-refractivity contribution in [3.8, 4) is 11.5 Å². The van der Waals surface area contributed by atoms with E-state index in [1.54, 1.807) is 0 Å². The standard InChI is InChI=1S/C21H24N4O3/c1-23-7-6-16-3-4-17(22-20(16)23)21(26)25-10-8-24(9-11-25)13-15-2-5-18-19(12-15)28-14-27-18/h2-5,12H,6-11,13-14H2,1H3. The van der Waals surface area contributed by atoms with Crippen LogP contribution >= 0.6 is 0 Å². The minimum absolute atomic E-state index is 0.0332. The molecule has 1 aromatic carbocycles. The fourth-order valence-electron chi connectivity index (χ4n) is 4.08. The zero-order valence-electron chi connectivity index (χ0n) is 16.1. The molecule has 146 valence electrons. The Kier molecular flexibility index (Phi) is 4.31. The number of pyridine rings is 1. The van der Waals surface area contributed by atoms with Crippen LogP contribution in [0.25, 0.3) is 0 Å². The summed E-state index contributed by atoms with van der Waals surface area (Å²) in [5.41, 5.74) is 2.98. The number of ether oxygens (including phenoxy) is 2. The molecule has 7 heteroatoms. The second-order valence-electron chi connectivity index (χ2n) is 7.61. The van der Waals surface area contributed by atoms with Gasteiger partial charge in [-0.3, -0.25) is 9.69 Å². The molecule has 0 bridgehead atoms. The number of hydrogen-bond acceptors (Lipinski definition) is 6. The van der Waals surface area contributed by atoms with E-state index >= 15 is 0 Å². The van der Waals surface area contributed by atoms with Crippen molar-refractivity contribution < 1.29 is 14.3 Å². The van der Waals surface area contributed by atoms with Gasteiger partial charge in [-0.2, -0.15) is 0 Å². The summed E-state index contributed by atoms with van der Waals surface area (Å²) in [5, 5.41) is 0. The molecule has 3 aliphatic heterocycles. The van der Waals surface area contributed by atoms with Gasteiger partial charge in [0.1, 0.15) is 11.5 Å². The highest BCUT2D eigenvalue weighted by atomic mass is 16.7. The first-order valence-corrected chi connectivity index (χ1v) is 9.78. The fourth-order valence-corrected chi connectivity index (χ4v) is 4.08. The maximum Gasteiger partial charge on any atom is 0.272 e. The van der Waals surface area contributed by atoms with E-state index in [0.717, 1.165) is 63.0 Å². The lowest BCUT2D eigenvalue weighted by Gasteiger charge is -2.34. The molecule has 0 saturated carbocycles. The molecular weight excluding hydrogens is 356 g/mol. The molecule has 4 heterocycles. The van der Waals surface area contributed by atoms with Gasteiger partial charge in [-0.1, -0.05) is 12.1 Å². The molecule has 3 aliphatic rings. The highest BCUT2D eigenvalue weighted by Gasteiger charge is 2.25. The number of nitrogens with zero attached hydrogens (tertiary/aromatic N) is 4. The highest BCUT2D eigenvalue weighted by molar-refractivity contribution is 5.93. The maximum atomic E-state index is 12.9. The largest absolute Gasteiger partial charge is 0.454 e. The van der Waals surface area contributed by atoms with Crippen LogP contribution in [0.5, 0.6) is 11.5 Å². The number of anilines is 1. The Bertz CT molecular complexity index is 909. The zero-order chi connectivity index (χ0) is 19.1. The minimum atomic E-state index is 0.0332. The Morgan fingerprint density at radius 1 is 1.04 bits per heavy atom. The number of amides is 1. The van der Waals surface area contributed by atoms with Crippen LogP contribution in [0.3, 0.4) is 0 Å². The third kappa shape index (κ3) is 3.16. The van der Waals surface area contributed by atoms with E-state index in [1.165, 1.54) is 11.1 Å². The van der Waals surface area contributed by atoms with Crippen LogP contribution in [0.2, 0.25) is 0 Å². The zero-order valence-corrected chi connectivity index (χ0v) is 16.1. The van der Waals surface area contributed by atoms with E-state index in [0.29, 0.717) is 12.5 Å². The van der Waals surface area contributed by atoms with Crippen molar-refractivity contribution in [2.24, 2.45) is 0 Å². The van der Waals surface area contributed by atoms with Gasteiger partial charge in [0.15, 0.2) is 11.5 Å². The van der Waals surface area contributed by atoms with Crippen molar-refractivity contribution in [3.05, 3.63) is 47.2 Å². The number of benzene rings is 1. The van der Waals surface area contributed by atoms with Crippen molar-refractivity contribution >= 4 is 11.7 Å². The Morgan fingerprint density at radius 2 is 1.86 bits per heavy atom. The lowest BCUT2D eigenvalue weighted by atomic mass is 10.1. The third-order valence-electron chi connectivity index (χ3n) is 5.76. The summed E-state index contributed by atoms with van der Waals surface area (Å²) in [5.74, 6) is 2.61. The Balaban J connectivity index is 1.20. The van der Waals surface area contributed by atoms with Gasteiger partial charge < -0.3 is 19.3 Å². The monoisotopic (exact) mass is 380 g/mol. The quantitative estimate of drug-likeness (QED) is 0.809. The predicted molar refractivity (Wildman–Crippen MR) is 105 cm³/mol. The number of carbonyl (C=O) groups is 1. The molecule has 1 aromatic heterocycles. The SMILES string of the molecule is CN1CCc2ccc(C(=O)N3CCN(Cc4ccc5c(c4)OCO5)CC3)nc21. The molecule has 0 N–H and O–H groups in total. The molecular formula is C21H24N4O3. The van der Waals surface area contributed by atoms with Gasteiger partial charge in [0.25, 0.3) is 5.91 Å². The van der Waals surface area contributed by atoms with E-state index in [4.69, 9.17) is 9.47 Å². The molecule has 1 fully saturated rings. The van der Waals surface area contributed by atoms with E-state index in [1.807, 2.05) is 30.1 Å². The van der Waals surface area contributed by atoms with Gasteiger partial charge in [0.2, 0.25) is 6.79 Å². The summed E-state index contributed by atoms with van der Waals surface area (Å²) in [4.78, 5) is 23.9. The average Bonchev–Trinajstić information content (AvgIpc) is 3.34. The number of piperazine rings is 1. The number of hydrogen-bond donors (Lipinski definition) is 0. The van der Waals surface area contributed by atoms with Crippen LogP contribution < -0.4 is 14.4 Å². The second kappa shape index (κ2) is 6.98. The molecule has 0 unspecified atom stereocenters. The normalized spacial score (nSPS) is 18.5. The van der Waals surface area contributed by atoms with Gasteiger partial charge in [-0.25, -0.2) is 4.98 Å². The van der Waals surface area contributed by atoms with E-state index < -0.39 is 0 Å². The fraction of sp³-hybridized carbons (Fsp3) is 0.429. The second-order valence-corrected chi connectivity index (χ2v) is 7.61. The van der Waals surface area contributed by atoms with Crippen molar-refractivity contribution in [3.63, 3.8) is 0 Å². The molecule has 2 aromatic rings. The molecule has 0 spiro atoms. The van der Waals surface area contributed by atoms with Crippen LogP contribution in [-0.2, 0) is 13.0 Å². The number of carbonyl (C=O) groups excluding carboxylic acids is 1. The Morgan fingerprint density at radius 3 is 2.71 bits per heavy atom. The number of likely N-dealkylation sites (N-methyl/N-ethyl adjacent to an activating group) is 1. The first-order chi connectivity index (χ1) is 13.7. The molecule has 5 rings (SSSR count). The number of rotatable bonds is 3. The summed E-state index contributed by atoms with van der Waals surface area (Å²) in [6.45, 7) is 5.26. The smallest absolute Gasteiger partial charge is 0.272 e. The number of fused-ring (bicyclic) bond motifs is 2. The maximum absolute atomic E-state index is 12.9.